The molecule has 4 heteroatoms. The molecule has 4 nitrogen and oxygen atoms in total. The molecule has 0 bridgehead atoms. The summed E-state index contributed by atoms with van der Waals surface area (Å²) in [7, 11) is 0. The first-order valence-corrected chi connectivity index (χ1v) is 5.11. The normalized spacial score (nSPS) is 14.1. The van der Waals surface area contributed by atoms with Crippen LogP contribution in [0.1, 0.15) is 23.7 Å². The minimum absolute atomic E-state index is 0.0823. The van der Waals surface area contributed by atoms with E-state index in [1.165, 1.54) is 0 Å². The third-order valence-corrected chi connectivity index (χ3v) is 2.39. The van der Waals surface area contributed by atoms with Crippen molar-refractivity contribution in [2.45, 2.75) is 25.0 Å². The van der Waals surface area contributed by atoms with Crippen molar-refractivity contribution in [2.75, 3.05) is 6.61 Å². The van der Waals surface area contributed by atoms with E-state index in [4.69, 9.17) is 10.4 Å². The molecule has 0 saturated heterocycles. The second kappa shape index (κ2) is 6.23. The van der Waals surface area contributed by atoms with Gasteiger partial charge in [0.2, 0.25) is 0 Å². The Hall–Kier alpha value is -1.41. The van der Waals surface area contributed by atoms with Crippen LogP contribution < -0.4 is 0 Å². The van der Waals surface area contributed by atoms with Gasteiger partial charge in [0, 0.05) is 6.61 Å². The van der Waals surface area contributed by atoms with Gasteiger partial charge in [-0.25, -0.2) is 0 Å². The molecule has 0 saturated carbocycles. The van der Waals surface area contributed by atoms with Crippen LogP contribution in [0.2, 0.25) is 0 Å². The number of aliphatic hydroxyl groups excluding tert-OH is 3. The van der Waals surface area contributed by atoms with Crippen LogP contribution in [0.15, 0.2) is 24.3 Å². The summed E-state index contributed by atoms with van der Waals surface area (Å²) in [5.74, 6) is 0. The molecular weight excluding hydrogens is 206 g/mol. The van der Waals surface area contributed by atoms with Crippen molar-refractivity contribution in [3.05, 3.63) is 35.4 Å². The third-order valence-electron chi connectivity index (χ3n) is 2.39. The largest absolute Gasteiger partial charge is 0.396 e. The molecule has 1 aromatic rings. The number of nitrogens with zero attached hydrogens (tertiary/aromatic N) is 1. The van der Waals surface area contributed by atoms with Gasteiger partial charge >= 0.3 is 0 Å². The lowest BCUT2D eigenvalue weighted by molar-refractivity contribution is 0.0216. The van der Waals surface area contributed by atoms with E-state index in [1.54, 1.807) is 30.3 Å². The smallest absolute Gasteiger partial charge is 0.106 e. The third kappa shape index (κ3) is 3.31. The van der Waals surface area contributed by atoms with E-state index in [0.29, 0.717) is 12.0 Å². The maximum Gasteiger partial charge on any atom is 0.106 e. The van der Waals surface area contributed by atoms with Crippen molar-refractivity contribution in [1.29, 1.82) is 5.26 Å². The van der Waals surface area contributed by atoms with Crippen LogP contribution in [0.4, 0.5) is 0 Å². The summed E-state index contributed by atoms with van der Waals surface area (Å²) < 4.78 is 0. The fraction of sp³-hybridized carbons (Fsp3) is 0.417. The second-order valence-electron chi connectivity index (χ2n) is 3.59. The Morgan fingerprint density at radius 3 is 2.31 bits per heavy atom. The van der Waals surface area contributed by atoms with Gasteiger partial charge in [0.15, 0.2) is 0 Å². The average molecular weight is 221 g/mol. The molecule has 0 fully saturated rings. The quantitative estimate of drug-likeness (QED) is 0.677. The van der Waals surface area contributed by atoms with Crippen molar-refractivity contribution in [3.8, 4) is 6.07 Å². The topological polar surface area (TPSA) is 84.5 Å². The zero-order valence-corrected chi connectivity index (χ0v) is 8.87. The Labute approximate surface area is 94.4 Å². The fourth-order valence-electron chi connectivity index (χ4n) is 1.44. The van der Waals surface area contributed by atoms with Crippen molar-refractivity contribution in [2.24, 2.45) is 0 Å². The molecule has 86 valence electrons. The molecule has 0 amide bonds. The molecule has 0 radical (unpaired) electrons. The lowest BCUT2D eigenvalue weighted by atomic mass is 10.0. The molecule has 0 aliphatic heterocycles. The molecular formula is C12H15NO3. The van der Waals surface area contributed by atoms with Crippen molar-refractivity contribution in [1.82, 2.24) is 0 Å². The van der Waals surface area contributed by atoms with Crippen LogP contribution in [-0.2, 0) is 6.42 Å². The molecule has 0 aromatic heterocycles. The first-order chi connectivity index (χ1) is 7.69. The second-order valence-corrected chi connectivity index (χ2v) is 3.59. The summed E-state index contributed by atoms with van der Waals surface area (Å²) in [4.78, 5) is 0. The first kappa shape index (κ1) is 12.7. The molecule has 2 atom stereocenters. The Balaban J connectivity index is 2.70. The van der Waals surface area contributed by atoms with Crippen LogP contribution >= 0.6 is 0 Å². The Morgan fingerprint density at radius 1 is 1.19 bits per heavy atom. The summed E-state index contributed by atoms with van der Waals surface area (Å²) in [5.41, 5.74) is 1.54. The van der Waals surface area contributed by atoms with Crippen molar-refractivity contribution in [3.63, 3.8) is 0 Å². The van der Waals surface area contributed by atoms with Gasteiger partial charge in [-0.05, 0) is 17.5 Å². The standard InChI is InChI=1S/C12H15NO3/c13-7-5-11(15)12(16)10-3-1-9(2-4-10)6-8-14/h1-4,11-12,14-16H,5-6,8H2. The van der Waals surface area contributed by atoms with Gasteiger partial charge < -0.3 is 15.3 Å². The van der Waals surface area contributed by atoms with Crippen molar-refractivity contribution < 1.29 is 15.3 Å². The molecule has 3 N–H and O–H groups in total. The van der Waals surface area contributed by atoms with Gasteiger partial charge in [0.25, 0.3) is 0 Å². The summed E-state index contributed by atoms with van der Waals surface area (Å²) in [5, 5.41) is 36.3. The number of hydrogen-bond donors (Lipinski definition) is 3. The van der Waals surface area contributed by atoms with Gasteiger partial charge in [0.05, 0.1) is 18.6 Å². The van der Waals surface area contributed by atoms with Gasteiger partial charge in [-0.2, -0.15) is 5.26 Å². The van der Waals surface area contributed by atoms with E-state index in [1.807, 2.05) is 0 Å². The van der Waals surface area contributed by atoms with Crippen LogP contribution in [0, 0.1) is 11.3 Å². The van der Waals surface area contributed by atoms with Crippen LogP contribution in [0.5, 0.6) is 0 Å². The number of aliphatic hydroxyl groups is 3. The number of benzene rings is 1. The van der Waals surface area contributed by atoms with E-state index in [2.05, 4.69) is 0 Å². The highest BCUT2D eigenvalue weighted by molar-refractivity contribution is 5.25. The van der Waals surface area contributed by atoms with Gasteiger partial charge in [0.1, 0.15) is 6.10 Å². The minimum atomic E-state index is -1.06. The van der Waals surface area contributed by atoms with Gasteiger partial charge in [-0.1, -0.05) is 24.3 Å². The highest BCUT2D eigenvalue weighted by Crippen LogP contribution is 2.19. The Morgan fingerprint density at radius 2 is 1.81 bits per heavy atom. The van der Waals surface area contributed by atoms with Crippen LogP contribution in [-0.4, -0.2) is 28.0 Å². The molecule has 2 unspecified atom stereocenters. The van der Waals surface area contributed by atoms with E-state index in [-0.39, 0.29) is 13.0 Å². The SMILES string of the molecule is N#CCC(O)C(O)c1ccc(CCO)cc1. The average Bonchev–Trinajstić information content (AvgIpc) is 2.30. The Kier molecular flexibility index (Phi) is 4.93. The summed E-state index contributed by atoms with van der Waals surface area (Å²) >= 11 is 0. The lowest BCUT2D eigenvalue weighted by Crippen LogP contribution is -2.17. The molecule has 0 spiro atoms. The maximum atomic E-state index is 9.69. The fourth-order valence-corrected chi connectivity index (χ4v) is 1.44. The highest BCUT2D eigenvalue weighted by atomic mass is 16.3. The predicted molar refractivity (Wildman–Crippen MR) is 58.4 cm³/mol. The summed E-state index contributed by atoms with van der Waals surface area (Å²) in [6, 6.07) is 8.76. The van der Waals surface area contributed by atoms with E-state index < -0.39 is 12.2 Å². The maximum absolute atomic E-state index is 9.69. The van der Waals surface area contributed by atoms with Gasteiger partial charge in [-0.15, -0.1) is 0 Å². The van der Waals surface area contributed by atoms with Crippen LogP contribution in [0.25, 0.3) is 0 Å². The summed E-state index contributed by atoms with van der Waals surface area (Å²) in [6.45, 7) is 0.0823. The predicted octanol–water partition coefficient (Wildman–Crippen LogP) is 0.529. The number of rotatable bonds is 5. The number of hydrogen-bond acceptors (Lipinski definition) is 4. The van der Waals surface area contributed by atoms with Crippen molar-refractivity contribution >= 4 is 0 Å². The monoisotopic (exact) mass is 221 g/mol. The first-order valence-electron chi connectivity index (χ1n) is 5.11. The zero-order valence-electron chi connectivity index (χ0n) is 8.87. The van der Waals surface area contributed by atoms with E-state index in [9.17, 15) is 10.2 Å². The molecule has 0 heterocycles. The molecule has 16 heavy (non-hydrogen) atoms. The Bertz CT molecular complexity index is 356. The molecule has 1 rings (SSSR count). The molecule has 1 aromatic carbocycles. The van der Waals surface area contributed by atoms with Crippen LogP contribution in [0.3, 0.4) is 0 Å². The minimum Gasteiger partial charge on any atom is -0.396 e. The molecule has 0 aliphatic rings. The lowest BCUT2D eigenvalue weighted by Gasteiger charge is -2.15. The summed E-state index contributed by atoms with van der Waals surface area (Å²) in [6.07, 6.45) is -1.63. The van der Waals surface area contributed by atoms with Gasteiger partial charge in [-0.3, -0.25) is 0 Å². The zero-order chi connectivity index (χ0) is 12.0. The molecule has 0 aliphatic carbocycles. The highest BCUT2D eigenvalue weighted by Gasteiger charge is 2.17. The van der Waals surface area contributed by atoms with E-state index in [0.717, 1.165) is 5.56 Å². The number of nitriles is 1. The van der Waals surface area contributed by atoms with E-state index >= 15 is 0 Å².